The molecule has 22 heavy (non-hydrogen) atoms. The van der Waals surface area contributed by atoms with Crippen LogP contribution in [0.25, 0.3) is 0 Å². The number of nitrogens with two attached hydrogens (primary N) is 1. The molecule has 0 heterocycles. The molecule has 0 bridgehead atoms. The molecule has 130 valence electrons. The number of nitrogens with one attached hydrogen (secondary N) is 3. The van der Waals surface area contributed by atoms with Gasteiger partial charge in [-0.3, -0.25) is 4.79 Å². The molecule has 0 aromatic heterocycles. The minimum atomic E-state index is -0.776. The quantitative estimate of drug-likeness (QED) is 0.570. The highest BCUT2D eigenvalue weighted by Crippen LogP contribution is 2.30. The third kappa shape index (κ3) is 5.32. The van der Waals surface area contributed by atoms with Crippen molar-refractivity contribution in [3.05, 3.63) is 0 Å². The van der Waals surface area contributed by atoms with Gasteiger partial charge in [0.15, 0.2) is 0 Å². The van der Waals surface area contributed by atoms with Crippen LogP contribution in [-0.4, -0.2) is 36.1 Å². The Bertz CT molecular complexity index is 367. The zero-order valence-corrected chi connectivity index (χ0v) is 14.8. The van der Waals surface area contributed by atoms with Crippen LogP contribution < -0.4 is 21.7 Å². The first-order valence-corrected chi connectivity index (χ1v) is 8.04. The Kier molecular flexibility index (Phi) is 8.78. The minimum Gasteiger partial charge on any atom is -0.352 e. The third-order valence-electron chi connectivity index (χ3n) is 4.59. The van der Waals surface area contributed by atoms with Crippen LogP contribution in [0, 0.1) is 0 Å². The topological polar surface area (TPSA) is 96.2 Å². The van der Waals surface area contributed by atoms with Gasteiger partial charge in [-0.25, -0.2) is 4.79 Å². The first-order chi connectivity index (χ1) is 9.91. The van der Waals surface area contributed by atoms with Crippen molar-refractivity contribution in [1.29, 1.82) is 0 Å². The fourth-order valence-electron chi connectivity index (χ4n) is 2.73. The molecule has 0 spiro atoms. The number of hydrogen-bond donors (Lipinski definition) is 4. The molecular formula is C15H31ClN4O2. The third-order valence-corrected chi connectivity index (χ3v) is 4.59. The molecule has 1 rings (SSSR count). The van der Waals surface area contributed by atoms with E-state index in [0.29, 0.717) is 25.9 Å². The lowest BCUT2D eigenvalue weighted by atomic mass is 9.92. The zero-order chi connectivity index (χ0) is 15.9. The fraction of sp³-hybridized carbons (Fsp3) is 0.867. The average Bonchev–Trinajstić information content (AvgIpc) is 2.94. The molecule has 3 amide bonds. The maximum Gasteiger partial charge on any atom is 0.315 e. The summed E-state index contributed by atoms with van der Waals surface area (Å²) >= 11 is 0. The van der Waals surface area contributed by atoms with Gasteiger partial charge in [-0.1, -0.05) is 26.7 Å². The van der Waals surface area contributed by atoms with Crippen LogP contribution in [0.2, 0.25) is 0 Å². The Morgan fingerprint density at radius 2 is 1.64 bits per heavy atom. The lowest BCUT2D eigenvalue weighted by molar-refractivity contribution is -0.127. The van der Waals surface area contributed by atoms with Crippen LogP contribution in [-0.2, 0) is 4.79 Å². The van der Waals surface area contributed by atoms with Crippen molar-refractivity contribution in [1.82, 2.24) is 16.0 Å². The van der Waals surface area contributed by atoms with Crippen molar-refractivity contribution in [2.45, 2.75) is 70.4 Å². The summed E-state index contributed by atoms with van der Waals surface area (Å²) in [6.45, 7) is 6.88. The van der Waals surface area contributed by atoms with E-state index in [2.05, 4.69) is 16.0 Å². The van der Waals surface area contributed by atoms with Gasteiger partial charge in [0.05, 0.1) is 0 Å². The highest BCUT2D eigenvalue weighted by atomic mass is 35.5. The minimum absolute atomic E-state index is 0. The van der Waals surface area contributed by atoms with Crippen LogP contribution in [0.4, 0.5) is 4.79 Å². The maximum atomic E-state index is 12.6. The van der Waals surface area contributed by atoms with E-state index in [4.69, 9.17) is 5.73 Å². The second-order valence-corrected chi connectivity index (χ2v) is 6.03. The largest absolute Gasteiger partial charge is 0.352 e. The van der Waals surface area contributed by atoms with Gasteiger partial charge >= 0.3 is 6.03 Å². The van der Waals surface area contributed by atoms with E-state index in [9.17, 15) is 9.59 Å². The Hall–Kier alpha value is -1.01. The van der Waals surface area contributed by atoms with E-state index < -0.39 is 5.54 Å². The molecule has 0 atom stereocenters. The van der Waals surface area contributed by atoms with Crippen molar-refractivity contribution in [2.24, 2.45) is 5.73 Å². The predicted octanol–water partition coefficient (Wildman–Crippen LogP) is 1.67. The van der Waals surface area contributed by atoms with Crippen LogP contribution in [0.1, 0.15) is 59.3 Å². The van der Waals surface area contributed by atoms with E-state index >= 15 is 0 Å². The maximum absolute atomic E-state index is 12.6. The van der Waals surface area contributed by atoms with E-state index in [1.165, 1.54) is 0 Å². The zero-order valence-electron chi connectivity index (χ0n) is 14.0. The van der Waals surface area contributed by atoms with Gasteiger partial charge in [-0.05, 0) is 32.6 Å². The molecule has 0 radical (unpaired) electrons. The van der Waals surface area contributed by atoms with Crippen LogP contribution in [0.15, 0.2) is 0 Å². The Morgan fingerprint density at radius 3 is 2.09 bits per heavy atom. The van der Waals surface area contributed by atoms with Crippen molar-refractivity contribution < 1.29 is 9.59 Å². The van der Waals surface area contributed by atoms with Gasteiger partial charge in [0.1, 0.15) is 5.54 Å². The first-order valence-electron chi connectivity index (χ1n) is 8.04. The van der Waals surface area contributed by atoms with Crippen LogP contribution in [0.5, 0.6) is 0 Å². The highest BCUT2D eigenvalue weighted by Gasteiger charge is 2.42. The number of hydrogen-bond acceptors (Lipinski definition) is 3. The highest BCUT2D eigenvalue weighted by molar-refractivity contribution is 5.91. The van der Waals surface area contributed by atoms with Crippen molar-refractivity contribution in [3.63, 3.8) is 0 Å². The molecule has 1 fully saturated rings. The summed E-state index contributed by atoms with van der Waals surface area (Å²) in [5.74, 6) is -0.108. The lowest BCUT2D eigenvalue weighted by Gasteiger charge is -2.32. The Balaban J connectivity index is 0.00000441. The Labute approximate surface area is 139 Å². The molecule has 6 nitrogen and oxygen atoms in total. The van der Waals surface area contributed by atoms with Gasteiger partial charge in [0, 0.05) is 18.6 Å². The smallest absolute Gasteiger partial charge is 0.315 e. The summed E-state index contributed by atoms with van der Waals surface area (Å²) in [5, 5.41) is 8.50. The van der Waals surface area contributed by atoms with Crippen LogP contribution >= 0.6 is 12.4 Å². The molecule has 0 aromatic rings. The number of halogens is 1. The standard InChI is InChI=1S/C15H30N4O2.ClH/c1-4-14(16,5-2)11-18-12(20)15(9-7-8-10-15)19-13(21)17-6-3;/h4-11,16H2,1-3H3,(H,18,20)(H2,17,19,21);1H. The first kappa shape index (κ1) is 21.0. The molecule has 7 heteroatoms. The number of carbonyl (C=O) groups is 2. The lowest BCUT2D eigenvalue weighted by Crippen LogP contribution is -2.61. The number of rotatable bonds is 7. The normalized spacial score (nSPS) is 16.5. The molecule has 1 aliphatic rings. The summed E-state index contributed by atoms with van der Waals surface area (Å²) < 4.78 is 0. The number of carbonyl (C=O) groups excluding carboxylic acids is 2. The molecule has 0 aliphatic heterocycles. The second-order valence-electron chi connectivity index (χ2n) is 6.03. The van der Waals surface area contributed by atoms with Gasteiger partial charge in [0.25, 0.3) is 0 Å². The number of urea groups is 1. The summed E-state index contributed by atoms with van der Waals surface area (Å²) in [7, 11) is 0. The van der Waals surface area contributed by atoms with E-state index in [0.717, 1.165) is 25.7 Å². The molecule has 1 saturated carbocycles. The molecule has 0 unspecified atom stereocenters. The molecule has 5 N–H and O–H groups in total. The van der Waals surface area contributed by atoms with E-state index in [1.807, 2.05) is 20.8 Å². The SMILES string of the molecule is CCNC(=O)NC1(C(=O)NCC(N)(CC)CC)CCCC1.Cl. The summed E-state index contributed by atoms with van der Waals surface area (Å²) in [6.07, 6.45) is 4.89. The monoisotopic (exact) mass is 334 g/mol. The van der Waals surface area contributed by atoms with Crippen molar-refractivity contribution >= 4 is 24.3 Å². The molecule has 0 saturated heterocycles. The fourth-order valence-corrected chi connectivity index (χ4v) is 2.73. The van der Waals surface area contributed by atoms with Gasteiger partial charge in [0.2, 0.25) is 5.91 Å². The van der Waals surface area contributed by atoms with E-state index in [1.54, 1.807) is 0 Å². The van der Waals surface area contributed by atoms with Crippen molar-refractivity contribution in [3.8, 4) is 0 Å². The predicted molar refractivity (Wildman–Crippen MR) is 91.2 cm³/mol. The summed E-state index contributed by atoms with van der Waals surface area (Å²) in [5.41, 5.74) is 5.07. The summed E-state index contributed by atoms with van der Waals surface area (Å²) in [4.78, 5) is 24.4. The molecule has 1 aliphatic carbocycles. The van der Waals surface area contributed by atoms with Crippen molar-refractivity contribution in [2.75, 3.05) is 13.1 Å². The Morgan fingerprint density at radius 1 is 1.09 bits per heavy atom. The summed E-state index contributed by atoms with van der Waals surface area (Å²) in [6, 6.07) is -0.278. The van der Waals surface area contributed by atoms with Gasteiger partial charge in [-0.15, -0.1) is 12.4 Å². The average molecular weight is 335 g/mol. The van der Waals surface area contributed by atoms with Crippen LogP contribution in [0.3, 0.4) is 0 Å². The van der Waals surface area contributed by atoms with Gasteiger partial charge in [-0.2, -0.15) is 0 Å². The molecular weight excluding hydrogens is 304 g/mol. The van der Waals surface area contributed by atoms with E-state index in [-0.39, 0.29) is 29.9 Å². The van der Waals surface area contributed by atoms with Gasteiger partial charge < -0.3 is 21.7 Å². The number of amides is 3. The molecule has 0 aromatic carbocycles. The second kappa shape index (κ2) is 9.20.